The molecule has 0 aliphatic heterocycles. The molecule has 0 aliphatic rings. The van der Waals surface area contributed by atoms with Crippen molar-refractivity contribution in [3.63, 3.8) is 0 Å². The predicted molar refractivity (Wildman–Crippen MR) is 86.9 cm³/mol. The number of phenolic OH excluding ortho intramolecular Hbond substituents is 3. The molecule has 0 spiro atoms. The Kier molecular flexibility index (Phi) is 5.20. The number of carbonyl (C=O) groups is 2. The van der Waals surface area contributed by atoms with E-state index in [0.29, 0.717) is 11.8 Å². The summed E-state index contributed by atoms with van der Waals surface area (Å²) >= 11 is 1.19. The predicted octanol–water partition coefficient (Wildman–Crippen LogP) is 2.45. The Morgan fingerprint density at radius 3 is 2.00 bits per heavy atom. The van der Waals surface area contributed by atoms with Gasteiger partial charge in [0.05, 0.1) is 5.56 Å². The number of aldehydes is 1. The average Bonchev–Trinajstić information content (AvgIpc) is 2.52. The Morgan fingerprint density at radius 1 is 0.917 bits per heavy atom. The van der Waals surface area contributed by atoms with Gasteiger partial charge in [0, 0.05) is 22.6 Å². The second-order valence-corrected chi connectivity index (χ2v) is 5.95. The van der Waals surface area contributed by atoms with Gasteiger partial charge in [-0.25, -0.2) is 4.79 Å². The summed E-state index contributed by atoms with van der Waals surface area (Å²) in [5, 5.41) is 47.9. The first-order valence-electron chi connectivity index (χ1n) is 6.69. The maximum absolute atomic E-state index is 11.0. The molecule has 0 bridgehead atoms. The third-order valence-corrected chi connectivity index (χ3v) is 4.28. The van der Waals surface area contributed by atoms with Crippen LogP contribution in [0.3, 0.4) is 0 Å². The van der Waals surface area contributed by atoms with Crippen LogP contribution in [-0.2, 0) is 11.5 Å². The number of hydrogen-bond acceptors (Lipinski definition) is 7. The molecule has 2 aromatic rings. The van der Waals surface area contributed by atoms with Crippen LogP contribution < -0.4 is 0 Å². The van der Waals surface area contributed by atoms with E-state index < -0.39 is 17.3 Å². The van der Waals surface area contributed by atoms with E-state index in [9.17, 15) is 30.0 Å². The van der Waals surface area contributed by atoms with Crippen LogP contribution in [0.1, 0.15) is 31.8 Å². The van der Waals surface area contributed by atoms with Crippen LogP contribution in [0.15, 0.2) is 24.3 Å². The van der Waals surface area contributed by atoms with Crippen LogP contribution in [0.5, 0.6) is 23.0 Å². The van der Waals surface area contributed by atoms with Crippen LogP contribution in [0.2, 0.25) is 0 Å². The maximum atomic E-state index is 11.0. The van der Waals surface area contributed by atoms with Crippen LogP contribution in [0.25, 0.3) is 0 Å². The zero-order valence-electron chi connectivity index (χ0n) is 12.3. The van der Waals surface area contributed by atoms with Crippen LogP contribution in [-0.4, -0.2) is 37.8 Å². The minimum Gasteiger partial charge on any atom is -0.508 e. The van der Waals surface area contributed by atoms with Gasteiger partial charge in [-0.15, -0.1) is 0 Å². The third kappa shape index (κ3) is 3.72. The van der Waals surface area contributed by atoms with E-state index >= 15 is 0 Å². The van der Waals surface area contributed by atoms with Crippen molar-refractivity contribution < 1.29 is 35.1 Å². The fourth-order valence-corrected chi connectivity index (χ4v) is 3.11. The van der Waals surface area contributed by atoms with Gasteiger partial charge in [-0.2, -0.15) is 11.8 Å². The second-order valence-electron chi connectivity index (χ2n) is 4.96. The van der Waals surface area contributed by atoms with Gasteiger partial charge in [-0.1, -0.05) is 0 Å². The minimum absolute atomic E-state index is 0.0426. The number of phenols is 4. The number of carboxylic acid groups (broad SMARTS) is 1. The molecule has 7 nitrogen and oxygen atoms in total. The van der Waals surface area contributed by atoms with Crippen molar-refractivity contribution >= 4 is 24.0 Å². The zero-order chi connectivity index (χ0) is 17.9. The van der Waals surface area contributed by atoms with Crippen molar-refractivity contribution in [3.05, 3.63) is 46.5 Å². The molecule has 2 rings (SSSR count). The van der Waals surface area contributed by atoms with E-state index in [1.807, 2.05) is 0 Å². The molecule has 5 N–H and O–H groups in total. The Bertz CT molecular complexity index is 801. The lowest BCUT2D eigenvalue weighted by Gasteiger charge is -2.10. The molecule has 0 aliphatic carbocycles. The zero-order valence-corrected chi connectivity index (χ0v) is 13.1. The fraction of sp³-hybridized carbons (Fsp3) is 0.125. The standard InChI is InChI=1S/C16H14O7S/c17-5-8-1-11(18)2-9(14(8)20)6-24-7-10-3-12(19)4-13(15(10)21)16(22)23/h1-5,18-21H,6-7H2,(H,22,23). The quantitative estimate of drug-likeness (QED) is 0.396. The van der Waals surface area contributed by atoms with Crippen molar-refractivity contribution in [2.75, 3.05) is 0 Å². The molecule has 0 radical (unpaired) electrons. The van der Waals surface area contributed by atoms with Crippen molar-refractivity contribution in [1.82, 2.24) is 0 Å². The number of carbonyl (C=O) groups excluding carboxylic acids is 1. The van der Waals surface area contributed by atoms with Gasteiger partial charge < -0.3 is 25.5 Å². The Balaban J connectivity index is 2.17. The van der Waals surface area contributed by atoms with Crippen molar-refractivity contribution in [2.24, 2.45) is 0 Å². The molecule has 0 fully saturated rings. The molecule has 24 heavy (non-hydrogen) atoms. The molecule has 0 atom stereocenters. The Labute approximate surface area is 140 Å². The SMILES string of the molecule is O=Cc1cc(O)cc(CSCc2cc(O)cc(C(=O)O)c2O)c1O. The molecule has 0 saturated carbocycles. The van der Waals surface area contributed by atoms with E-state index in [1.54, 1.807) is 0 Å². The largest absolute Gasteiger partial charge is 0.508 e. The molecule has 0 unspecified atom stereocenters. The van der Waals surface area contributed by atoms with E-state index in [2.05, 4.69) is 0 Å². The highest BCUT2D eigenvalue weighted by atomic mass is 32.2. The number of aromatic carboxylic acids is 1. The molecule has 126 valence electrons. The first kappa shape index (κ1) is 17.5. The van der Waals surface area contributed by atoms with Gasteiger partial charge in [0.2, 0.25) is 0 Å². The van der Waals surface area contributed by atoms with Gasteiger partial charge in [0.15, 0.2) is 6.29 Å². The Morgan fingerprint density at radius 2 is 1.46 bits per heavy atom. The van der Waals surface area contributed by atoms with Crippen molar-refractivity contribution in [1.29, 1.82) is 0 Å². The highest BCUT2D eigenvalue weighted by Gasteiger charge is 2.16. The summed E-state index contributed by atoms with van der Waals surface area (Å²) in [6, 6.07) is 4.63. The summed E-state index contributed by atoms with van der Waals surface area (Å²) in [5.41, 5.74) is 0.0841. The van der Waals surface area contributed by atoms with E-state index in [1.165, 1.54) is 23.9 Å². The number of rotatable bonds is 6. The van der Waals surface area contributed by atoms with Gasteiger partial charge in [0.1, 0.15) is 28.6 Å². The number of aromatic hydroxyl groups is 4. The van der Waals surface area contributed by atoms with E-state index in [0.717, 1.165) is 12.1 Å². The molecular formula is C16H14O7S. The third-order valence-electron chi connectivity index (χ3n) is 3.25. The molecule has 0 aromatic heterocycles. The molecule has 8 heteroatoms. The van der Waals surface area contributed by atoms with Crippen LogP contribution >= 0.6 is 11.8 Å². The molecule has 0 heterocycles. The fourth-order valence-electron chi connectivity index (χ4n) is 2.12. The highest BCUT2D eigenvalue weighted by Crippen LogP contribution is 2.34. The first-order chi connectivity index (χ1) is 11.3. The van der Waals surface area contributed by atoms with Gasteiger partial charge >= 0.3 is 5.97 Å². The topological polar surface area (TPSA) is 135 Å². The molecular weight excluding hydrogens is 336 g/mol. The molecule has 0 saturated heterocycles. The maximum Gasteiger partial charge on any atom is 0.339 e. The average molecular weight is 350 g/mol. The van der Waals surface area contributed by atoms with Crippen LogP contribution in [0.4, 0.5) is 0 Å². The minimum atomic E-state index is -1.36. The number of hydrogen-bond donors (Lipinski definition) is 5. The number of carboxylic acids is 1. The summed E-state index contributed by atoms with van der Waals surface area (Å²) in [4.78, 5) is 21.8. The van der Waals surface area contributed by atoms with Crippen molar-refractivity contribution in [2.45, 2.75) is 11.5 Å². The van der Waals surface area contributed by atoms with Crippen LogP contribution in [0, 0.1) is 0 Å². The normalized spacial score (nSPS) is 10.5. The first-order valence-corrected chi connectivity index (χ1v) is 7.85. The lowest BCUT2D eigenvalue weighted by molar-refractivity contribution is 0.0693. The highest BCUT2D eigenvalue weighted by molar-refractivity contribution is 7.97. The summed E-state index contributed by atoms with van der Waals surface area (Å²) in [6.07, 6.45) is 0.420. The summed E-state index contributed by atoms with van der Waals surface area (Å²) < 4.78 is 0. The second kappa shape index (κ2) is 7.14. The summed E-state index contributed by atoms with van der Waals surface area (Å²) in [5.74, 6) is -2.17. The number of benzene rings is 2. The van der Waals surface area contributed by atoms with Gasteiger partial charge in [-0.3, -0.25) is 4.79 Å². The smallest absolute Gasteiger partial charge is 0.339 e. The van der Waals surface area contributed by atoms with E-state index in [-0.39, 0.29) is 39.9 Å². The summed E-state index contributed by atoms with van der Waals surface area (Å²) in [6.45, 7) is 0. The Hall–Kier alpha value is -2.87. The monoisotopic (exact) mass is 350 g/mol. The summed E-state index contributed by atoms with van der Waals surface area (Å²) in [7, 11) is 0. The lowest BCUT2D eigenvalue weighted by atomic mass is 10.1. The van der Waals surface area contributed by atoms with Crippen molar-refractivity contribution in [3.8, 4) is 23.0 Å². The lowest BCUT2D eigenvalue weighted by Crippen LogP contribution is -1.99. The molecule has 0 amide bonds. The van der Waals surface area contributed by atoms with Gasteiger partial charge in [0.25, 0.3) is 0 Å². The van der Waals surface area contributed by atoms with Gasteiger partial charge in [-0.05, 0) is 24.3 Å². The number of thioether (sulfide) groups is 1. The molecule has 2 aromatic carbocycles. The van der Waals surface area contributed by atoms with E-state index in [4.69, 9.17) is 5.11 Å².